The third-order valence-electron chi connectivity index (χ3n) is 9.05. The molecule has 198 valence electrons. The highest BCUT2D eigenvalue weighted by Crippen LogP contribution is 2.65. The van der Waals surface area contributed by atoms with Crippen molar-refractivity contribution in [3.8, 4) is 0 Å². The Hall–Kier alpha value is -1.32. The van der Waals surface area contributed by atoms with Gasteiger partial charge in [0.05, 0.1) is 17.6 Å². The molecule has 3 aliphatic carbocycles. The summed E-state index contributed by atoms with van der Waals surface area (Å²) in [7, 11) is -0.411. The van der Waals surface area contributed by atoms with E-state index >= 15 is 0 Å². The fourth-order valence-electron chi connectivity index (χ4n) is 6.99. The second kappa shape index (κ2) is 9.86. The Morgan fingerprint density at radius 2 is 1.94 bits per heavy atom. The lowest BCUT2D eigenvalue weighted by Crippen LogP contribution is -2.65. The summed E-state index contributed by atoms with van der Waals surface area (Å²) in [4.78, 5) is 28.2. The number of carbonyl (C=O) groups is 2. The minimum atomic E-state index is -0.630. The van der Waals surface area contributed by atoms with Crippen molar-refractivity contribution in [2.24, 2.45) is 23.0 Å². The van der Waals surface area contributed by atoms with E-state index in [0.717, 1.165) is 38.5 Å². The first-order chi connectivity index (χ1) is 16.4. The maximum absolute atomic E-state index is 13.8. The zero-order chi connectivity index (χ0) is 25.6. The van der Waals surface area contributed by atoms with Crippen molar-refractivity contribution in [2.45, 2.75) is 122 Å². The average molecular weight is 491 g/mol. The Labute approximate surface area is 211 Å². The summed E-state index contributed by atoms with van der Waals surface area (Å²) < 4.78 is 18.7. The molecule has 35 heavy (non-hydrogen) atoms. The lowest BCUT2D eigenvalue weighted by atomic mass is 9.43. The molecule has 2 amide bonds. The topological polar surface area (TPSA) is 103 Å². The van der Waals surface area contributed by atoms with Crippen LogP contribution >= 0.6 is 0 Å². The zero-order valence-electron chi connectivity index (χ0n) is 22.6. The van der Waals surface area contributed by atoms with E-state index in [1.165, 1.54) is 6.42 Å². The Morgan fingerprint density at radius 3 is 2.60 bits per heavy atom. The van der Waals surface area contributed by atoms with Gasteiger partial charge in [0.1, 0.15) is 11.6 Å². The van der Waals surface area contributed by atoms with E-state index in [1.54, 1.807) is 0 Å². The minimum Gasteiger partial charge on any atom is -0.444 e. The smallest absolute Gasteiger partial charge is 0.444 e. The van der Waals surface area contributed by atoms with Gasteiger partial charge in [0.15, 0.2) is 0 Å². The van der Waals surface area contributed by atoms with E-state index in [9.17, 15) is 9.59 Å². The molecule has 6 atom stereocenters. The highest BCUT2D eigenvalue weighted by atomic mass is 16.7. The van der Waals surface area contributed by atoms with Crippen LogP contribution in [0.25, 0.3) is 0 Å². The van der Waals surface area contributed by atoms with Crippen LogP contribution in [0.15, 0.2) is 0 Å². The van der Waals surface area contributed by atoms with Crippen LogP contribution in [-0.2, 0) is 18.8 Å². The van der Waals surface area contributed by atoms with Crippen LogP contribution in [-0.4, -0.2) is 66.4 Å². The first-order valence-electron chi connectivity index (χ1n) is 13.7. The predicted octanol–water partition coefficient (Wildman–Crippen LogP) is 3.66. The second-order valence-electron chi connectivity index (χ2n) is 12.9. The molecule has 3 N–H and O–H groups in total. The highest BCUT2D eigenvalue weighted by Gasteiger charge is 2.69. The molecule has 5 fully saturated rings. The number of unbranched alkanes of at least 4 members (excludes halogenated alkanes) is 2. The molecule has 2 heterocycles. The number of nitrogens with two attached hydrogens (primary N) is 1. The minimum absolute atomic E-state index is 0.0667. The lowest BCUT2D eigenvalue weighted by molar-refractivity contribution is -0.199. The molecular formula is C26H46BN3O5. The number of likely N-dealkylation sites (tertiary alicyclic amines) is 1. The number of nitrogens with one attached hydrogen (secondary N) is 1. The van der Waals surface area contributed by atoms with E-state index in [1.807, 2.05) is 25.7 Å². The van der Waals surface area contributed by atoms with Gasteiger partial charge in [0.25, 0.3) is 0 Å². The van der Waals surface area contributed by atoms with Crippen LogP contribution in [0.1, 0.15) is 92.9 Å². The van der Waals surface area contributed by atoms with Gasteiger partial charge in [-0.3, -0.25) is 4.79 Å². The number of rotatable bonds is 8. The van der Waals surface area contributed by atoms with Crippen molar-refractivity contribution in [3.63, 3.8) is 0 Å². The van der Waals surface area contributed by atoms with Gasteiger partial charge < -0.3 is 30.0 Å². The molecule has 5 rings (SSSR count). The molecule has 9 heteroatoms. The quantitative estimate of drug-likeness (QED) is 0.397. The van der Waals surface area contributed by atoms with Crippen molar-refractivity contribution in [1.29, 1.82) is 0 Å². The van der Waals surface area contributed by atoms with Crippen molar-refractivity contribution < 1.29 is 23.6 Å². The number of ether oxygens (including phenoxy) is 1. The Balaban J connectivity index is 1.44. The van der Waals surface area contributed by atoms with E-state index in [4.69, 9.17) is 19.8 Å². The highest BCUT2D eigenvalue weighted by molar-refractivity contribution is 6.48. The molecule has 0 spiro atoms. The van der Waals surface area contributed by atoms with Crippen molar-refractivity contribution in [3.05, 3.63) is 0 Å². The lowest BCUT2D eigenvalue weighted by Gasteiger charge is -2.64. The molecular weight excluding hydrogens is 445 g/mol. The Kier molecular flexibility index (Phi) is 7.53. The first kappa shape index (κ1) is 26.7. The first-order valence-corrected chi connectivity index (χ1v) is 13.7. The summed E-state index contributed by atoms with van der Waals surface area (Å²) in [5.74, 6) is 0.976. The van der Waals surface area contributed by atoms with Crippen LogP contribution in [0.2, 0.25) is 0 Å². The van der Waals surface area contributed by atoms with Crippen molar-refractivity contribution in [2.75, 3.05) is 13.1 Å². The molecule has 8 nitrogen and oxygen atoms in total. The molecule has 0 aromatic rings. The number of nitrogens with zero attached hydrogens (tertiary/aromatic N) is 1. The van der Waals surface area contributed by atoms with Crippen LogP contribution in [0.4, 0.5) is 4.79 Å². The van der Waals surface area contributed by atoms with Gasteiger partial charge >= 0.3 is 13.2 Å². The van der Waals surface area contributed by atoms with Crippen LogP contribution in [0.3, 0.4) is 0 Å². The number of carbonyl (C=O) groups excluding carboxylic acids is 2. The molecule has 2 saturated heterocycles. The zero-order valence-corrected chi connectivity index (χ0v) is 22.6. The molecule has 2 aliphatic heterocycles. The van der Waals surface area contributed by atoms with Crippen molar-refractivity contribution in [1.82, 2.24) is 10.2 Å². The summed E-state index contributed by atoms with van der Waals surface area (Å²) >= 11 is 0. The summed E-state index contributed by atoms with van der Waals surface area (Å²) in [6, 6.07) is -0.630. The third kappa shape index (κ3) is 5.23. The summed E-state index contributed by atoms with van der Waals surface area (Å²) in [6.45, 7) is 13.7. The summed E-state index contributed by atoms with van der Waals surface area (Å²) in [5.41, 5.74) is 5.00. The van der Waals surface area contributed by atoms with Gasteiger partial charge in [-0.15, -0.1) is 0 Å². The van der Waals surface area contributed by atoms with E-state index < -0.39 is 24.9 Å². The second-order valence-corrected chi connectivity index (χ2v) is 12.9. The Bertz CT molecular complexity index is 802. The predicted molar refractivity (Wildman–Crippen MR) is 136 cm³/mol. The summed E-state index contributed by atoms with van der Waals surface area (Å²) in [6.07, 6.45) is 6.73. The van der Waals surface area contributed by atoms with Crippen LogP contribution in [0.5, 0.6) is 0 Å². The van der Waals surface area contributed by atoms with Gasteiger partial charge in [-0.05, 0) is 90.0 Å². The average Bonchev–Trinajstić information content (AvgIpc) is 3.37. The molecule has 2 bridgehead atoms. The molecule has 0 aromatic carbocycles. The van der Waals surface area contributed by atoms with Gasteiger partial charge in [-0.2, -0.15) is 0 Å². The standard InChI is InChI=1S/C26H46BN3O5/c1-24(2,3)33-23(32)29-18(11-8-7-9-13-28)22(31)30-14-10-12-21(30)27-34-20-16-17-15-19(25(17,4)5)26(20,6)35-27/h17-21H,7-16,28H2,1-6H3,(H,29,32)/t17-,18-,19-,20?,21-,26-/m0/s1. The molecule has 0 radical (unpaired) electrons. The molecule has 0 aromatic heterocycles. The number of amides is 2. The van der Waals surface area contributed by atoms with E-state index in [0.29, 0.717) is 31.3 Å². The van der Waals surface area contributed by atoms with E-state index in [-0.39, 0.29) is 29.0 Å². The maximum atomic E-state index is 13.8. The fourth-order valence-corrected chi connectivity index (χ4v) is 6.99. The van der Waals surface area contributed by atoms with Gasteiger partial charge in [-0.1, -0.05) is 26.7 Å². The Morgan fingerprint density at radius 1 is 1.20 bits per heavy atom. The summed E-state index contributed by atoms with van der Waals surface area (Å²) in [5, 5.41) is 2.85. The van der Waals surface area contributed by atoms with Gasteiger partial charge in [0, 0.05) is 6.54 Å². The monoisotopic (exact) mass is 491 g/mol. The normalized spacial score (nSPS) is 34.3. The largest absolute Gasteiger partial charge is 0.481 e. The SMILES string of the molecule is CC(C)(C)OC(=O)N[C@@H](CCCCCN)C(=O)N1CCC[C@H]1B1OC2C[C@@H]3C[C@@H](C3(C)C)[C@]2(C)O1. The van der Waals surface area contributed by atoms with Gasteiger partial charge in [0.2, 0.25) is 5.91 Å². The maximum Gasteiger partial charge on any atom is 0.481 e. The molecule has 5 aliphatic rings. The number of hydrogen-bond acceptors (Lipinski definition) is 6. The molecule has 1 unspecified atom stereocenters. The van der Waals surface area contributed by atoms with Crippen LogP contribution in [0, 0.1) is 17.3 Å². The third-order valence-corrected chi connectivity index (χ3v) is 9.05. The molecule has 3 saturated carbocycles. The van der Waals surface area contributed by atoms with Crippen molar-refractivity contribution >= 4 is 19.1 Å². The van der Waals surface area contributed by atoms with Crippen LogP contribution < -0.4 is 11.1 Å². The number of hydrogen-bond donors (Lipinski definition) is 2. The fraction of sp³-hybridized carbons (Fsp3) is 0.923. The number of alkyl carbamates (subject to hydrolysis) is 1. The van der Waals surface area contributed by atoms with Gasteiger partial charge in [-0.25, -0.2) is 4.79 Å². The van der Waals surface area contributed by atoms with E-state index in [2.05, 4.69) is 26.1 Å².